The van der Waals surface area contributed by atoms with Crippen LogP contribution in [0.15, 0.2) is 0 Å². The van der Waals surface area contributed by atoms with Crippen LogP contribution in [0.25, 0.3) is 0 Å². The summed E-state index contributed by atoms with van der Waals surface area (Å²) in [5, 5.41) is 10.2. The van der Waals surface area contributed by atoms with Gasteiger partial charge in [-0.1, -0.05) is 96.8 Å². The van der Waals surface area contributed by atoms with Crippen LogP contribution in [0, 0.1) is 0 Å². The fourth-order valence-electron chi connectivity index (χ4n) is 2.64. The van der Waals surface area contributed by atoms with Crippen LogP contribution in [-0.4, -0.2) is 29.0 Å². The molecule has 23 heavy (non-hydrogen) atoms. The van der Waals surface area contributed by atoms with Crippen molar-refractivity contribution in [1.29, 1.82) is 0 Å². The molecule has 0 aromatic heterocycles. The Labute approximate surface area is 175 Å². The van der Waals surface area contributed by atoms with Crippen molar-refractivity contribution in [2.75, 3.05) is 0 Å². The van der Waals surface area contributed by atoms with E-state index in [0.29, 0.717) is 0 Å². The van der Waals surface area contributed by atoms with Gasteiger partial charge in [0, 0.05) is 5.97 Å². The normalized spacial score (nSPS) is 9.43. The van der Waals surface area contributed by atoms with E-state index in [1.165, 1.54) is 83.5 Å². The van der Waals surface area contributed by atoms with Crippen molar-refractivity contribution < 1.29 is 37.1 Å². The van der Waals surface area contributed by atoms with Crippen LogP contribution in [0.1, 0.15) is 110 Å². The number of hydrogen-bond acceptors (Lipinski definition) is 2. The first-order chi connectivity index (χ1) is 9.77. The third-order valence-corrected chi connectivity index (χ3v) is 3.98. The number of carboxylic acid groups (broad SMARTS) is 1. The maximum Gasteiger partial charge on any atom is 4.00 e. The first kappa shape index (κ1) is 31.7. The van der Waals surface area contributed by atoms with Gasteiger partial charge in [0.05, 0.1) is 0 Å². The number of carbonyl (C=O) groups is 1. The third kappa shape index (κ3) is 31.2. The fourth-order valence-corrected chi connectivity index (χ4v) is 2.64. The summed E-state index contributed by atoms with van der Waals surface area (Å²) < 4.78 is 0. The van der Waals surface area contributed by atoms with Gasteiger partial charge in [-0.3, -0.25) is 0 Å². The Morgan fingerprint density at radius 1 is 0.652 bits per heavy atom. The molecule has 0 atom stereocenters. The topological polar surface area (TPSA) is 68.6 Å². The van der Waals surface area contributed by atoms with Crippen LogP contribution < -0.4 is 5.11 Å². The van der Waals surface area contributed by atoms with E-state index in [-0.39, 0.29) is 56.7 Å². The van der Waals surface area contributed by atoms with Gasteiger partial charge in [0.1, 0.15) is 0 Å². The molecule has 5 heteroatoms. The maximum atomic E-state index is 10.2. The Hall–Kier alpha value is 0.911. The van der Waals surface area contributed by atoms with Crippen LogP contribution in [-0.2, 0) is 32.0 Å². The Balaban J connectivity index is -0.000000602. The van der Waals surface area contributed by atoms with E-state index >= 15 is 0 Å². The summed E-state index contributed by atoms with van der Waals surface area (Å²) in [5.41, 5.74) is 0. The summed E-state index contributed by atoms with van der Waals surface area (Å²) in [6.07, 6.45) is 19.9. The number of hydrogen-bond donors (Lipinski definition) is 0. The predicted octanol–water partition coefficient (Wildman–Crippen LogP) is 4.50. The predicted molar refractivity (Wildman–Crippen MR) is 91.0 cm³/mol. The Kier molecular flexibility index (Phi) is 38.2. The Morgan fingerprint density at radius 2 is 0.913 bits per heavy atom. The molecule has 128 valence electrons. The molecule has 0 bridgehead atoms. The zero-order chi connectivity index (χ0) is 14.9. The van der Waals surface area contributed by atoms with E-state index in [1.807, 2.05) is 0 Å². The molecule has 0 aliphatic heterocycles. The minimum atomic E-state index is -0.903. The third-order valence-electron chi connectivity index (χ3n) is 3.98. The van der Waals surface area contributed by atoms with E-state index in [9.17, 15) is 9.90 Å². The second kappa shape index (κ2) is 27.7. The van der Waals surface area contributed by atoms with Crippen molar-refractivity contribution in [2.45, 2.75) is 110 Å². The molecule has 0 aliphatic rings. The average molecular weight is 372 g/mol. The first-order valence-electron chi connectivity index (χ1n) is 8.97. The molecule has 0 amide bonds. The van der Waals surface area contributed by atoms with Gasteiger partial charge in [0.15, 0.2) is 0 Å². The van der Waals surface area contributed by atoms with Crippen LogP contribution >= 0.6 is 0 Å². The van der Waals surface area contributed by atoms with Crippen LogP contribution in [0.2, 0.25) is 0 Å². The van der Waals surface area contributed by atoms with Gasteiger partial charge >= 0.3 is 44.8 Å². The monoisotopic (exact) mass is 371 g/mol. The molecule has 0 aromatic rings. The van der Waals surface area contributed by atoms with Gasteiger partial charge in [-0.05, 0) is 12.8 Å². The second-order valence-electron chi connectivity index (χ2n) is 6.07. The Bertz CT molecular complexity index is 216. The van der Waals surface area contributed by atoms with Gasteiger partial charge < -0.3 is 15.4 Å². The standard InChI is InChI=1S/C18H36O2.Mg.O.Ti/c1-2-3-4-5-6-7-8-9-10-11-12-13-14-15-16-17-18(19)20;;;/h2-17H2,1H3,(H,19,20);;;/q;+2;-2;+4/p-1. The first-order valence-corrected chi connectivity index (χ1v) is 8.97. The van der Waals surface area contributed by atoms with Gasteiger partial charge in [-0.15, -0.1) is 0 Å². The minimum Gasteiger partial charge on any atom is -2.00 e. The zero-order valence-corrected chi connectivity index (χ0v) is 18.2. The van der Waals surface area contributed by atoms with E-state index in [2.05, 4.69) is 6.92 Å². The molecule has 0 aliphatic carbocycles. The van der Waals surface area contributed by atoms with Crippen molar-refractivity contribution in [1.82, 2.24) is 0 Å². The van der Waals surface area contributed by atoms with Gasteiger partial charge in [0.25, 0.3) is 0 Å². The molecule has 0 radical (unpaired) electrons. The molecule has 0 aromatic carbocycles. The van der Waals surface area contributed by atoms with Crippen molar-refractivity contribution >= 4 is 29.0 Å². The molecule has 0 rings (SSSR count). The molecule has 0 spiro atoms. The summed E-state index contributed by atoms with van der Waals surface area (Å²) in [6.45, 7) is 2.27. The molecule has 3 nitrogen and oxygen atoms in total. The SMILES string of the molecule is CCCCCCCCCCCCCCCCCC(=O)[O-].[Mg+2].[O-2].[Ti+4]. The smallest absolute Gasteiger partial charge is 2.00 e. The molecular weight excluding hydrogens is 336 g/mol. The Morgan fingerprint density at radius 3 is 1.17 bits per heavy atom. The molecule has 0 saturated carbocycles. The summed E-state index contributed by atoms with van der Waals surface area (Å²) in [6, 6.07) is 0. The molecule has 0 fully saturated rings. The average Bonchev–Trinajstić information content (AvgIpc) is 2.43. The molecule has 0 unspecified atom stereocenters. The molecule has 0 N–H and O–H groups in total. The van der Waals surface area contributed by atoms with Gasteiger partial charge in [0.2, 0.25) is 0 Å². The second-order valence-corrected chi connectivity index (χ2v) is 6.07. The van der Waals surface area contributed by atoms with Crippen LogP contribution in [0.3, 0.4) is 0 Å². The van der Waals surface area contributed by atoms with Gasteiger partial charge in [-0.25, -0.2) is 0 Å². The summed E-state index contributed by atoms with van der Waals surface area (Å²) in [7, 11) is 0. The molecule has 0 heterocycles. The summed E-state index contributed by atoms with van der Waals surface area (Å²) in [4.78, 5) is 10.2. The molecule has 0 saturated heterocycles. The van der Waals surface area contributed by atoms with Crippen molar-refractivity contribution in [3.63, 3.8) is 0 Å². The number of carbonyl (C=O) groups excluding carboxylic acids is 1. The summed E-state index contributed by atoms with van der Waals surface area (Å²) in [5.74, 6) is -0.903. The van der Waals surface area contributed by atoms with Gasteiger partial charge in [-0.2, -0.15) is 0 Å². The quantitative estimate of drug-likeness (QED) is 0.296. The number of rotatable bonds is 16. The van der Waals surface area contributed by atoms with E-state index in [0.717, 1.165) is 12.8 Å². The van der Waals surface area contributed by atoms with Crippen molar-refractivity contribution in [3.05, 3.63) is 0 Å². The van der Waals surface area contributed by atoms with Crippen LogP contribution in [0.4, 0.5) is 0 Å². The largest absolute Gasteiger partial charge is 4.00 e. The fraction of sp³-hybridized carbons (Fsp3) is 0.944. The molecular formula is C18H35MgO3Ti+3. The number of carboxylic acids is 1. The van der Waals surface area contributed by atoms with Crippen LogP contribution in [0.5, 0.6) is 0 Å². The van der Waals surface area contributed by atoms with E-state index in [4.69, 9.17) is 0 Å². The van der Waals surface area contributed by atoms with E-state index < -0.39 is 5.97 Å². The minimum absolute atomic E-state index is 0. The summed E-state index contributed by atoms with van der Waals surface area (Å²) >= 11 is 0. The van der Waals surface area contributed by atoms with E-state index in [1.54, 1.807) is 0 Å². The van der Waals surface area contributed by atoms with Crippen molar-refractivity contribution in [2.24, 2.45) is 0 Å². The number of aliphatic carboxylic acids is 1. The zero-order valence-electron chi connectivity index (χ0n) is 15.2. The number of unbranched alkanes of at least 4 members (excludes halogenated alkanes) is 14. The maximum absolute atomic E-state index is 10.2. The van der Waals surface area contributed by atoms with Crippen molar-refractivity contribution in [3.8, 4) is 0 Å².